The highest BCUT2D eigenvalue weighted by Crippen LogP contribution is 2.23. The number of likely N-dealkylation sites (tertiary alicyclic amines) is 1. The SMILES string of the molecule is CC1CN(C(=O)c2ccc(CSC(F)F)o2)CCC1O. The number of nitrogens with zero attached hydrogens (tertiary/aromatic N) is 1. The Labute approximate surface area is 120 Å². The summed E-state index contributed by atoms with van der Waals surface area (Å²) < 4.78 is 29.5. The summed E-state index contributed by atoms with van der Waals surface area (Å²) in [6.45, 7) is 2.84. The van der Waals surface area contributed by atoms with E-state index in [1.54, 1.807) is 11.0 Å². The molecular weight excluding hydrogens is 288 g/mol. The molecule has 0 radical (unpaired) electrons. The molecule has 2 heterocycles. The number of hydrogen-bond acceptors (Lipinski definition) is 4. The molecule has 20 heavy (non-hydrogen) atoms. The van der Waals surface area contributed by atoms with E-state index in [0.29, 0.717) is 37.0 Å². The van der Waals surface area contributed by atoms with Gasteiger partial charge in [-0.15, -0.1) is 0 Å². The van der Waals surface area contributed by atoms with Crippen LogP contribution in [-0.4, -0.2) is 40.9 Å². The Morgan fingerprint density at radius 3 is 3.00 bits per heavy atom. The van der Waals surface area contributed by atoms with E-state index < -0.39 is 5.76 Å². The van der Waals surface area contributed by atoms with E-state index in [2.05, 4.69) is 0 Å². The molecule has 2 atom stereocenters. The normalized spacial score (nSPS) is 23.4. The maximum Gasteiger partial charge on any atom is 0.289 e. The molecule has 1 N–H and O–H groups in total. The van der Waals surface area contributed by atoms with Gasteiger partial charge in [0.2, 0.25) is 0 Å². The van der Waals surface area contributed by atoms with Crippen LogP contribution in [0.2, 0.25) is 0 Å². The van der Waals surface area contributed by atoms with Crippen LogP contribution >= 0.6 is 11.8 Å². The zero-order chi connectivity index (χ0) is 14.7. The lowest BCUT2D eigenvalue weighted by molar-refractivity contribution is 0.0279. The molecule has 0 aliphatic carbocycles. The Hall–Kier alpha value is -1.08. The van der Waals surface area contributed by atoms with Crippen LogP contribution in [0.3, 0.4) is 0 Å². The largest absolute Gasteiger partial charge is 0.455 e. The first-order valence-corrected chi connectivity index (χ1v) is 7.48. The zero-order valence-electron chi connectivity index (χ0n) is 11.1. The Morgan fingerprint density at radius 1 is 1.60 bits per heavy atom. The fraction of sp³-hybridized carbons (Fsp3) is 0.615. The number of furan rings is 1. The second kappa shape index (κ2) is 6.58. The molecule has 1 aromatic heterocycles. The van der Waals surface area contributed by atoms with Gasteiger partial charge in [-0.05, 0) is 24.5 Å². The molecule has 0 saturated carbocycles. The van der Waals surface area contributed by atoms with Gasteiger partial charge in [-0.25, -0.2) is 0 Å². The minimum Gasteiger partial charge on any atom is -0.455 e. The van der Waals surface area contributed by atoms with Gasteiger partial charge in [-0.1, -0.05) is 18.7 Å². The third-order valence-electron chi connectivity index (χ3n) is 3.37. The number of carbonyl (C=O) groups is 1. The Bertz CT molecular complexity index is 466. The molecule has 1 aromatic rings. The molecule has 0 bridgehead atoms. The fourth-order valence-electron chi connectivity index (χ4n) is 2.19. The summed E-state index contributed by atoms with van der Waals surface area (Å²) in [5.41, 5.74) is 0. The third kappa shape index (κ3) is 3.73. The lowest BCUT2D eigenvalue weighted by Gasteiger charge is -2.33. The molecule has 112 valence electrons. The summed E-state index contributed by atoms with van der Waals surface area (Å²) >= 11 is 0.461. The van der Waals surface area contributed by atoms with E-state index in [1.807, 2.05) is 6.92 Å². The highest BCUT2D eigenvalue weighted by atomic mass is 32.2. The van der Waals surface area contributed by atoms with Crippen LogP contribution in [0.4, 0.5) is 8.78 Å². The van der Waals surface area contributed by atoms with Crippen molar-refractivity contribution in [3.8, 4) is 0 Å². The second-order valence-corrected chi connectivity index (χ2v) is 5.90. The van der Waals surface area contributed by atoms with Gasteiger partial charge in [0, 0.05) is 13.1 Å². The number of thioether (sulfide) groups is 1. The van der Waals surface area contributed by atoms with E-state index >= 15 is 0 Å². The Balaban J connectivity index is 1.95. The topological polar surface area (TPSA) is 53.7 Å². The van der Waals surface area contributed by atoms with E-state index in [4.69, 9.17) is 4.42 Å². The van der Waals surface area contributed by atoms with Gasteiger partial charge < -0.3 is 14.4 Å². The molecule has 4 nitrogen and oxygen atoms in total. The van der Waals surface area contributed by atoms with E-state index in [0.717, 1.165) is 0 Å². The molecule has 1 saturated heterocycles. The zero-order valence-corrected chi connectivity index (χ0v) is 11.9. The number of amides is 1. The van der Waals surface area contributed by atoms with Crippen molar-refractivity contribution in [2.45, 2.75) is 31.0 Å². The standard InChI is InChI=1S/C13H17F2NO3S/c1-8-6-16(5-4-10(8)17)12(18)11-3-2-9(19-11)7-20-13(14)15/h2-3,8,10,13,17H,4-7H2,1H3. The lowest BCUT2D eigenvalue weighted by Crippen LogP contribution is -2.44. The van der Waals surface area contributed by atoms with Gasteiger partial charge in [0.15, 0.2) is 5.76 Å². The van der Waals surface area contributed by atoms with Crippen LogP contribution in [0, 0.1) is 5.92 Å². The highest BCUT2D eigenvalue weighted by Gasteiger charge is 2.29. The quantitative estimate of drug-likeness (QED) is 0.929. The summed E-state index contributed by atoms with van der Waals surface area (Å²) in [7, 11) is 0. The third-order valence-corrected chi connectivity index (χ3v) is 4.07. The molecule has 1 aliphatic heterocycles. The van der Waals surface area contributed by atoms with Crippen molar-refractivity contribution >= 4 is 17.7 Å². The average Bonchev–Trinajstić information content (AvgIpc) is 2.87. The van der Waals surface area contributed by atoms with E-state index in [1.165, 1.54) is 6.07 Å². The molecule has 1 aliphatic rings. The predicted molar refractivity (Wildman–Crippen MR) is 71.7 cm³/mol. The van der Waals surface area contributed by atoms with Gasteiger partial charge in [0.1, 0.15) is 5.76 Å². The van der Waals surface area contributed by atoms with Crippen molar-refractivity contribution in [2.24, 2.45) is 5.92 Å². The second-order valence-electron chi connectivity index (χ2n) is 4.92. The van der Waals surface area contributed by atoms with Crippen LogP contribution < -0.4 is 0 Å². The molecule has 1 amide bonds. The van der Waals surface area contributed by atoms with E-state index in [-0.39, 0.29) is 29.4 Å². The van der Waals surface area contributed by atoms with E-state index in [9.17, 15) is 18.7 Å². The van der Waals surface area contributed by atoms with Crippen LogP contribution in [0.15, 0.2) is 16.5 Å². The number of hydrogen-bond donors (Lipinski definition) is 1. The van der Waals surface area contributed by atoms with Crippen molar-refractivity contribution in [3.05, 3.63) is 23.7 Å². The number of carbonyl (C=O) groups excluding carboxylic acids is 1. The summed E-state index contributed by atoms with van der Waals surface area (Å²) in [4.78, 5) is 13.8. The summed E-state index contributed by atoms with van der Waals surface area (Å²) in [6.07, 6.45) is 0.162. The maximum absolute atomic E-state index is 12.2. The summed E-state index contributed by atoms with van der Waals surface area (Å²) in [6, 6.07) is 3.06. The van der Waals surface area contributed by atoms with Crippen LogP contribution in [0.25, 0.3) is 0 Å². The predicted octanol–water partition coefficient (Wildman–Crippen LogP) is 2.58. The monoisotopic (exact) mass is 305 g/mol. The van der Waals surface area contributed by atoms with Gasteiger partial charge in [-0.2, -0.15) is 8.78 Å². The first-order chi connectivity index (χ1) is 9.47. The fourth-order valence-corrected chi connectivity index (χ4v) is 2.63. The minimum absolute atomic E-state index is 0.0246. The van der Waals surface area contributed by atoms with Gasteiger partial charge >= 0.3 is 0 Å². The number of aliphatic hydroxyl groups excluding tert-OH is 1. The highest BCUT2D eigenvalue weighted by molar-refractivity contribution is 7.98. The van der Waals surface area contributed by atoms with Crippen molar-refractivity contribution < 1.29 is 23.1 Å². The molecule has 2 unspecified atom stereocenters. The summed E-state index contributed by atoms with van der Waals surface area (Å²) in [5, 5.41) is 9.64. The molecule has 2 rings (SSSR count). The first kappa shape index (κ1) is 15.3. The number of halogens is 2. The number of rotatable bonds is 4. The van der Waals surface area contributed by atoms with Crippen molar-refractivity contribution in [1.82, 2.24) is 4.90 Å². The minimum atomic E-state index is -2.45. The Morgan fingerprint density at radius 2 is 2.35 bits per heavy atom. The average molecular weight is 305 g/mol. The summed E-state index contributed by atoms with van der Waals surface area (Å²) in [5.74, 6) is -2.11. The number of aliphatic hydroxyl groups is 1. The maximum atomic E-state index is 12.2. The molecule has 0 spiro atoms. The number of alkyl halides is 2. The lowest BCUT2D eigenvalue weighted by atomic mass is 9.96. The number of piperidine rings is 1. The first-order valence-electron chi connectivity index (χ1n) is 6.43. The van der Waals surface area contributed by atoms with Crippen LogP contribution in [0.5, 0.6) is 0 Å². The van der Waals surface area contributed by atoms with Crippen molar-refractivity contribution in [3.63, 3.8) is 0 Å². The van der Waals surface area contributed by atoms with Crippen molar-refractivity contribution in [2.75, 3.05) is 13.1 Å². The van der Waals surface area contributed by atoms with Crippen LogP contribution in [0.1, 0.15) is 29.7 Å². The van der Waals surface area contributed by atoms with Gasteiger partial charge in [0.05, 0.1) is 11.9 Å². The van der Waals surface area contributed by atoms with Gasteiger partial charge in [-0.3, -0.25) is 4.79 Å². The van der Waals surface area contributed by atoms with Gasteiger partial charge in [0.25, 0.3) is 11.7 Å². The smallest absolute Gasteiger partial charge is 0.289 e. The molecular formula is C13H17F2NO3S. The van der Waals surface area contributed by atoms with Crippen molar-refractivity contribution in [1.29, 1.82) is 0 Å². The molecule has 7 heteroatoms. The Kier molecular flexibility index (Phi) is 5.04. The molecule has 1 fully saturated rings. The molecule has 0 aromatic carbocycles. The van der Waals surface area contributed by atoms with Crippen LogP contribution in [-0.2, 0) is 5.75 Å².